The Kier molecular flexibility index (Phi) is 4.36. The number of nitrogens with zero attached hydrogens (tertiary/aromatic N) is 4. The van der Waals surface area contributed by atoms with E-state index in [0.29, 0.717) is 17.0 Å². The summed E-state index contributed by atoms with van der Waals surface area (Å²) < 4.78 is 41.2. The fraction of sp³-hybridized carbons (Fsp3) is 0.133. The third-order valence-corrected chi connectivity index (χ3v) is 4.55. The van der Waals surface area contributed by atoms with E-state index in [0.717, 1.165) is 0 Å². The van der Waals surface area contributed by atoms with Crippen LogP contribution in [0, 0.1) is 5.82 Å². The molecule has 7 nitrogen and oxygen atoms in total. The Bertz CT molecular complexity index is 954. The highest BCUT2D eigenvalue weighted by Gasteiger charge is 2.17. The lowest BCUT2D eigenvalue weighted by molar-refractivity contribution is 0.577. The molecule has 0 amide bonds. The smallest absolute Gasteiger partial charge is 0.259 e. The van der Waals surface area contributed by atoms with Crippen LogP contribution >= 0.6 is 0 Å². The van der Waals surface area contributed by atoms with E-state index < -0.39 is 10.0 Å². The van der Waals surface area contributed by atoms with E-state index in [-0.39, 0.29) is 17.4 Å². The molecular weight excluding hydrogens is 333 g/mol. The molecule has 124 valence electrons. The molecule has 1 aromatic carbocycles. The van der Waals surface area contributed by atoms with E-state index in [1.54, 1.807) is 29.8 Å². The number of hydrogen-bond donors (Lipinski definition) is 1. The van der Waals surface area contributed by atoms with E-state index in [1.807, 2.05) is 0 Å². The van der Waals surface area contributed by atoms with Crippen LogP contribution in [0.2, 0.25) is 0 Å². The number of benzene rings is 1. The molecule has 0 aliphatic rings. The Morgan fingerprint density at radius 2 is 1.92 bits per heavy atom. The Morgan fingerprint density at radius 1 is 1.17 bits per heavy atom. The van der Waals surface area contributed by atoms with Gasteiger partial charge < -0.3 is 4.57 Å². The average molecular weight is 347 g/mol. The highest BCUT2D eigenvalue weighted by Crippen LogP contribution is 2.17. The highest BCUT2D eigenvalue weighted by molar-refractivity contribution is 7.89. The summed E-state index contributed by atoms with van der Waals surface area (Å²) >= 11 is 0. The van der Waals surface area contributed by atoms with Crippen LogP contribution in [0.5, 0.6) is 0 Å². The Labute approximate surface area is 138 Å². The van der Waals surface area contributed by atoms with E-state index in [2.05, 4.69) is 19.7 Å². The number of sulfonamides is 1. The maximum Gasteiger partial charge on any atom is 0.259 e. The molecule has 0 aliphatic carbocycles. The lowest BCUT2D eigenvalue weighted by atomic mass is 10.1. The van der Waals surface area contributed by atoms with Crippen molar-refractivity contribution in [3.63, 3.8) is 0 Å². The molecule has 1 N–H and O–H groups in total. The van der Waals surface area contributed by atoms with Gasteiger partial charge in [0.1, 0.15) is 12.1 Å². The first kappa shape index (κ1) is 16.2. The largest absolute Gasteiger partial charge is 0.339 e. The summed E-state index contributed by atoms with van der Waals surface area (Å²) in [6.07, 6.45) is 4.15. The molecule has 0 atom stereocenters. The summed E-state index contributed by atoms with van der Waals surface area (Å²) in [6.45, 7) is -0.00434. The first-order valence-electron chi connectivity index (χ1n) is 6.98. The lowest BCUT2D eigenvalue weighted by Crippen LogP contribution is -2.24. The van der Waals surface area contributed by atoms with Crippen LogP contribution in [0.3, 0.4) is 0 Å². The second kappa shape index (κ2) is 6.46. The number of imidazole rings is 1. The minimum absolute atomic E-state index is 0.00434. The fourth-order valence-corrected chi connectivity index (χ4v) is 3.02. The fourth-order valence-electron chi connectivity index (χ4n) is 2.04. The zero-order valence-corrected chi connectivity index (χ0v) is 13.5. The van der Waals surface area contributed by atoms with Gasteiger partial charge in [0.2, 0.25) is 0 Å². The van der Waals surface area contributed by atoms with Crippen LogP contribution in [-0.4, -0.2) is 27.9 Å². The average Bonchev–Trinajstić information content (AvgIpc) is 3.02. The van der Waals surface area contributed by atoms with Crippen molar-refractivity contribution in [1.82, 2.24) is 24.2 Å². The molecule has 3 aromatic rings. The Morgan fingerprint density at radius 3 is 2.58 bits per heavy atom. The molecule has 2 heterocycles. The van der Waals surface area contributed by atoms with Crippen LogP contribution in [-0.2, 0) is 23.6 Å². The monoisotopic (exact) mass is 347 g/mol. The molecule has 0 radical (unpaired) electrons. The van der Waals surface area contributed by atoms with Crippen molar-refractivity contribution in [1.29, 1.82) is 0 Å². The van der Waals surface area contributed by atoms with Crippen LogP contribution < -0.4 is 4.72 Å². The Hall–Kier alpha value is -2.65. The minimum Gasteiger partial charge on any atom is -0.339 e. The van der Waals surface area contributed by atoms with E-state index in [9.17, 15) is 12.8 Å². The lowest BCUT2D eigenvalue weighted by Gasteiger charge is -2.06. The zero-order valence-electron chi connectivity index (χ0n) is 12.7. The summed E-state index contributed by atoms with van der Waals surface area (Å²) in [7, 11) is -2.03. The molecule has 0 unspecified atom stereocenters. The Balaban J connectivity index is 1.76. The number of rotatable bonds is 5. The molecule has 0 bridgehead atoms. The van der Waals surface area contributed by atoms with Crippen LogP contribution in [0.25, 0.3) is 11.3 Å². The van der Waals surface area contributed by atoms with E-state index in [4.69, 9.17) is 0 Å². The van der Waals surface area contributed by atoms with Gasteiger partial charge in [0, 0.05) is 18.8 Å². The van der Waals surface area contributed by atoms with Gasteiger partial charge in [0.05, 0.1) is 24.3 Å². The topological polar surface area (TPSA) is 89.8 Å². The first-order chi connectivity index (χ1) is 11.4. The molecule has 24 heavy (non-hydrogen) atoms. The molecule has 0 spiro atoms. The molecule has 9 heteroatoms. The van der Waals surface area contributed by atoms with Crippen LogP contribution in [0.15, 0.2) is 54.2 Å². The molecule has 3 rings (SSSR count). The van der Waals surface area contributed by atoms with Crippen molar-refractivity contribution in [2.24, 2.45) is 7.05 Å². The highest BCUT2D eigenvalue weighted by atomic mass is 32.2. The van der Waals surface area contributed by atoms with Crippen molar-refractivity contribution in [2.75, 3.05) is 0 Å². The van der Waals surface area contributed by atoms with Gasteiger partial charge in [-0.2, -0.15) is 0 Å². The third-order valence-electron chi connectivity index (χ3n) is 3.26. The molecule has 0 fully saturated rings. The standard InChI is InChI=1S/C15H14FN5O2S/c1-21-8-15(19-10-21)24(22,23)20-7-13-6-14(18-9-17-13)11-2-4-12(16)5-3-11/h2-6,8-10,20H,7H2,1H3. The number of aryl methyl sites for hydroxylation is 1. The second-order valence-electron chi connectivity index (χ2n) is 5.10. The molecule has 0 aliphatic heterocycles. The van der Waals surface area contributed by atoms with Gasteiger partial charge in [0.25, 0.3) is 10.0 Å². The van der Waals surface area contributed by atoms with Crippen molar-refractivity contribution >= 4 is 10.0 Å². The summed E-state index contributed by atoms with van der Waals surface area (Å²) in [6, 6.07) is 7.51. The zero-order chi connectivity index (χ0) is 17.2. The molecular formula is C15H14FN5O2S. The quantitative estimate of drug-likeness (QED) is 0.755. The van der Waals surface area contributed by atoms with Crippen molar-refractivity contribution < 1.29 is 12.8 Å². The predicted octanol–water partition coefficient (Wildman–Crippen LogP) is 1.49. The van der Waals surface area contributed by atoms with E-state index in [1.165, 1.54) is 31.0 Å². The first-order valence-corrected chi connectivity index (χ1v) is 8.47. The van der Waals surface area contributed by atoms with Crippen molar-refractivity contribution in [2.45, 2.75) is 11.6 Å². The maximum absolute atomic E-state index is 13.0. The van der Waals surface area contributed by atoms with Gasteiger partial charge in [0.15, 0.2) is 5.03 Å². The van der Waals surface area contributed by atoms with Crippen molar-refractivity contribution in [3.05, 3.63) is 60.7 Å². The third kappa shape index (κ3) is 3.63. The maximum atomic E-state index is 13.0. The molecule has 0 saturated carbocycles. The van der Waals surface area contributed by atoms with Crippen molar-refractivity contribution in [3.8, 4) is 11.3 Å². The minimum atomic E-state index is -3.71. The summed E-state index contributed by atoms with van der Waals surface area (Å²) in [5, 5.41) is -0.0576. The van der Waals surface area contributed by atoms with Crippen LogP contribution in [0.4, 0.5) is 4.39 Å². The van der Waals surface area contributed by atoms with Gasteiger partial charge in [-0.25, -0.2) is 32.5 Å². The normalized spacial score (nSPS) is 11.6. The number of halogens is 1. The van der Waals surface area contributed by atoms with Gasteiger partial charge in [-0.1, -0.05) is 0 Å². The van der Waals surface area contributed by atoms with E-state index >= 15 is 0 Å². The SMILES string of the molecule is Cn1cnc(S(=O)(=O)NCc2cc(-c3ccc(F)cc3)ncn2)c1. The van der Waals surface area contributed by atoms with Gasteiger partial charge in [-0.15, -0.1) is 0 Å². The van der Waals surface area contributed by atoms with Gasteiger partial charge >= 0.3 is 0 Å². The van der Waals surface area contributed by atoms with Gasteiger partial charge in [-0.3, -0.25) is 0 Å². The summed E-state index contributed by atoms with van der Waals surface area (Å²) in [5.41, 5.74) is 1.79. The summed E-state index contributed by atoms with van der Waals surface area (Å²) in [5.74, 6) is -0.337. The number of hydrogen-bond acceptors (Lipinski definition) is 5. The van der Waals surface area contributed by atoms with Gasteiger partial charge in [-0.05, 0) is 30.3 Å². The summed E-state index contributed by atoms with van der Waals surface area (Å²) in [4.78, 5) is 12.0. The predicted molar refractivity (Wildman–Crippen MR) is 84.7 cm³/mol. The molecule has 0 saturated heterocycles. The number of nitrogens with one attached hydrogen (secondary N) is 1. The second-order valence-corrected chi connectivity index (χ2v) is 6.82. The number of aromatic nitrogens is 4. The van der Waals surface area contributed by atoms with Crippen LogP contribution in [0.1, 0.15) is 5.69 Å². The molecule has 2 aromatic heterocycles.